The van der Waals surface area contributed by atoms with Gasteiger partial charge >= 0.3 is 11.7 Å². The minimum atomic E-state index is -1.16. The Morgan fingerprint density at radius 3 is 2.78 bits per heavy atom. The number of amides is 1. The van der Waals surface area contributed by atoms with E-state index in [4.69, 9.17) is 27.9 Å². The summed E-state index contributed by atoms with van der Waals surface area (Å²) < 4.78 is 5.30. The number of hydrogen-bond donors (Lipinski definition) is 1. The van der Waals surface area contributed by atoms with E-state index in [0.29, 0.717) is 9.75 Å². The molecule has 0 saturated heterocycles. The van der Waals surface area contributed by atoms with Gasteiger partial charge in [-0.05, 0) is 19.1 Å². The number of esters is 1. The summed E-state index contributed by atoms with van der Waals surface area (Å²) in [4.78, 5) is 27.7. The van der Waals surface area contributed by atoms with Crippen LogP contribution in [0.4, 0.5) is 5.82 Å². The minimum absolute atomic E-state index is 0.0857. The lowest BCUT2D eigenvalue weighted by atomic mass is 10.3. The largest absolute Gasteiger partial charge is 0.618 e. The lowest BCUT2D eigenvalue weighted by Crippen LogP contribution is -2.37. The van der Waals surface area contributed by atoms with Crippen LogP contribution in [0, 0.1) is 5.21 Å². The highest BCUT2D eigenvalue weighted by molar-refractivity contribution is 6.36. The van der Waals surface area contributed by atoms with E-state index in [1.54, 1.807) is 0 Å². The van der Waals surface area contributed by atoms with Crippen molar-refractivity contribution >= 4 is 40.9 Å². The molecule has 0 radical (unpaired) electrons. The third-order valence-electron chi connectivity index (χ3n) is 2.74. The molecule has 120 valence electrons. The second-order valence-electron chi connectivity index (χ2n) is 4.43. The van der Waals surface area contributed by atoms with Crippen LogP contribution >= 0.6 is 23.2 Å². The molecule has 1 N–H and O–H groups in total. The molecule has 0 fully saturated rings. The number of hydrogen-bond acceptors (Lipinski definition) is 5. The van der Waals surface area contributed by atoms with E-state index >= 15 is 0 Å². The predicted molar refractivity (Wildman–Crippen MR) is 83.2 cm³/mol. The van der Waals surface area contributed by atoms with Crippen LogP contribution in [0.1, 0.15) is 17.4 Å². The number of aromatic nitrogens is 2. The fourth-order valence-electron chi connectivity index (χ4n) is 1.59. The van der Waals surface area contributed by atoms with Gasteiger partial charge in [0.2, 0.25) is 0 Å². The zero-order chi connectivity index (χ0) is 17.0. The third kappa shape index (κ3) is 4.30. The van der Waals surface area contributed by atoms with E-state index in [2.05, 4.69) is 10.3 Å². The van der Waals surface area contributed by atoms with Crippen LogP contribution in [0.15, 0.2) is 36.7 Å². The molecule has 2 rings (SSSR count). The van der Waals surface area contributed by atoms with Crippen LogP contribution < -0.4 is 10.0 Å². The van der Waals surface area contributed by atoms with Crippen molar-refractivity contribution in [1.82, 2.24) is 4.98 Å². The van der Waals surface area contributed by atoms with Crippen molar-refractivity contribution in [2.75, 3.05) is 5.32 Å². The summed E-state index contributed by atoms with van der Waals surface area (Å²) in [6.07, 6.45) is 1.30. The van der Waals surface area contributed by atoms with Crippen molar-refractivity contribution in [1.29, 1.82) is 0 Å². The van der Waals surface area contributed by atoms with Crippen molar-refractivity contribution in [2.24, 2.45) is 0 Å². The molecule has 9 heteroatoms. The number of nitrogens with zero attached hydrogens (tertiary/aromatic N) is 2. The number of rotatable bonds is 4. The van der Waals surface area contributed by atoms with Crippen LogP contribution in [0.25, 0.3) is 0 Å². The summed E-state index contributed by atoms with van der Waals surface area (Å²) in [6, 6.07) is 5.67. The number of halogens is 2. The first kappa shape index (κ1) is 17.0. The first-order valence-corrected chi connectivity index (χ1v) is 7.15. The molecular formula is C14H11Cl2N3O4. The van der Waals surface area contributed by atoms with E-state index in [-0.39, 0.29) is 16.5 Å². The fraction of sp³-hybridized carbons (Fsp3) is 0.143. The molecule has 1 amide bonds. The Morgan fingerprint density at radius 2 is 2.13 bits per heavy atom. The van der Waals surface area contributed by atoms with E-state index in [1.165, 1.54) is 37.4 Å². The van der Waals surface area contributed by atoms with Crippen LogP contribution in [-0.2, 0) is 9.53 Å². The Hall–Kier alpha value is -2.38. The smallest absolute Gasteiger partial charge is 0.405 e. The molecule has 0 aliphatic heterocycles. The average molecular weight is 356 g/mol. The van der Waals surface area contributed by atoms with Gasteiger partial charge in [-0.3, -0.25) is 4.79 Å². The first-order valence-electron chi connectivity index (χ1n) is 6.39. The average Bonchev–Trinajstić information content (AvgIpc) is 2.50. The maximum absolute atomic E-state index is 12.0. The molecule has 2 aromatic rings. The quantitative estimate of drug-likeness (QED) is 0.515. The summed E-state index contributed by atoms with van der Waals surface area (Å²) in [5, 5.41) is 14.3. The zero-order valence-corrected chi connectivity index (χ0v) is 13.3. The number of pyridine rings is 2. The summed E-state index contributed by atoms with van der Waals surface area (Å²) in [5.41, 5.74) is -0.227. The highest BCUT2D eigenvalue weighted by atomic mass is 35.5. The number of ether oxygens (including phenoxy) is 1. The first-order chi connectivity index (χ1) is 10.9. The molecule has 0 aliphatic carbocycles. The van der Waals surface area contributed by atoms with Gasteiger partial charge in [-0.1, -0.05) is 23.2 Å². The van der Waals surface area contributed by atoms with E-state index in [9.17, 15) is 14.8 Å². The molecule has 0 aliphatic rings. The summed E-state index contributed by atoms with van der Waals surface area (Å²) in [6.45, 7) is 1.36. The second-order valence-corrected chi connectivity index (χ2v) is 5.28. The molecule has 2 heterocycles. The van der Waals surface area contributed by atoms with Gasteiger partial charge in [0.15, 0.2) is 18.1 Å². The van der Waals surface area contributed by atoms with Crippen LogP contribution in [0.3, 0.4) is 0 Å². The molecule has 0 unspecified atom stereocenters. The van der Waals surface area contributed by atoms with Crippen LogP contribution in [0.5, 0.6) is 0 Å². The van der Waals surface area contributed by atoms with Crippen molar-refractivity contribution in [3.63, 3.8) is 0 Å². The van der Waals surface area contributed by atoms with Gasteiger partial charge in [0, 0.05) is 18.3 Å². The monoisotopic (exact) mass is 355 g/mol. The van der Waals surface area contributed by atoms with Crippen molar-refractivity contribution in [3.8, 4) is 0 Å². The number of carbonyl (C=O) groups excluding carboxylic acids is 2. The Kier molecular flexibility index (Phi) is 5.36. The van der Waals surface area contributed by atoms with E-state index in [1.807, 2.05) is 0 Å². The second kappa shape index (κ2) is 7.26. The molecule has 1 atom stereocenters. The molecule has 23 heavy (non-hydrogen) atoms. The minimum Gasteiger partial charge on any atom is -0.618 e. The third-order valence-corrected chi connectivity index (χ3v) is 3.23. The van der Waals surface area contributed by atoms with E-state index in [0.717, 1.165) is 6.20 Å². The molecule has 2 aromatic heterocycles. The normalized spacial score (nSPS) is 11.6. The standard InChI is InChI=1S/C14H11Cl2N3O4/c1-8(23-14(21)11-4-2-3-5-19(11)22)13(20)18-12-10(16)6-9(15)7-17-12/h2-8H,1H3,(H,17,18,20)/t8-/m1/s1. The van der Waals surface area contributed by atoms with Gasteiger partial charge in [0.05, 0.1) is 10.0 Å². The zero-order valence-electron chi connectivity index (χ0n) is 11.8. The van der Waals surface area contributed by atoms with Crippen LogP contribution in [0.2, 0.25) is 10.0 Å². The Labute approximate surface area is 141 Å². The lowest BCUT2D eigenvalue weighted by molar-refractivity contribution is -0.608. The van der Waals surface area contributed by atoms with Gasteiger partial charge in [0.25, 0.3) is 5.91 Å². The Balaban J connectivity index is 2.03. The Bertz CT molecular complexity index is 755. The number of anilines is 1. The summed E-state index contributed by atoms with van der Waals surface area (Å²) in [7, 11) is 0. The highest BCUT2D eigenvalue weighted by Gasteiger charge is 2.24. The summed E-state index contributed by atoms with van der Waals surface area (Å²) >= 11 is 11.6. The number of carbonyl (C=O) groups is 2. The van der Waals surface area contributed by atoms with Gasteiger partial charge in [-0.25, -0.2) is 9.78 Å². The maximum Gasteiger partial charge on any atom is 0.405 e. The topological polar surface area (TPSA) is 95.2 Å². The van der Waals surface area contributed by atoms with Crippen molar-refractivity contribution in [3.05, 3.63) is 57.6 Å². The fourth-order valence-corrected chi connectivity index (χ4v) is 2.01. The maximum atomic E-state index is 12.0. The lowest BCUT2D eigenvalue weighted by Gasteiger charge is -2.13. The predicted octanol–water partition coefficient (Wildman–Crippen LogP) is 2.21. The van der Waals surface area contributed by atoms with Crippen molar-refractivity contribution < 1.29 is 19.1 Å². The number of nitrogens with one attached hydrogen (secondary N) is 1. The SMILES string of the molecule is C[C@@H](OC(=O)c1cccc[n+]1[O-])C(=O)Nc1ncc(Cl)cc1Cl. The molecular weight excluding hydrogens is 345 g/mol. The van der Waals surface area contributed by atoms with Gasteiger partial charge < -0.3 is 15.3 Å². The molecule has 0 saturated carbocycles. The highest BCUT2D eigenvalue weighted by Crippen LogP contribution is 2.22. The summed E-state index contributed by atoms with van der Waals surface area (Å²) in [5.74, 6) is -1.48. The van der Waals surface area contributed by atoms with Crippen molar-refractivity contribution in [2.45, 2.75) is 13.0 Å². The van der Waals surface area contributed by atoms with Gasteiger partial charge in [-0.15, -0.1) is 0 Å². The molecule has 0 spiro atoms. The molecule has 0 bridgehead atoms. The molecule has 0 aromatic carbocycles. The van der Waals surface area contributed by atoms with Gasteiger partial charge in [0.1, 0.15) is 0 Å². The molecule has 7 nitrogen and oxygen atoms in total. The van der Waals surface area contributed by atoms with Crippen LogP contribution in [-0.4, -0.2) is 23.0 Å². The van der Waals surface area contributed by atoms with Gasteiger partial charge in [-0.2, -0.15) is 4.73 Å². The Morgan fingerprint density at radius 1 is 1.39 bits per heavy atom. The van der Waals surface area contributed by atoms with E-state index < -0.39 is 18.0 Å².